The van der Waals surface area contributed by atoms with E-state index < -0.39 is 56.1 Å². The summed E-state index contributed by atoms with van der Waals surface area (Å²) < 4.78 is 53.0. The van der Waals surface area contributed by atoms with Gasteiger partial charge in [-0.1, -0.05) is 86.6 Å². The van der Waals surface area contributed by atoms with E-state index in [9.17, 15) is 9.59 Å². The van der Waals surface area contributed by atoms with Crippen molar-refractivity contribution in [2.75, 3.05) is 39.3 Å². The SMILES string of the molecule is [C-]#[N+]CCOP(OC1[C@@H]2O[C@@H](C)O[C@]1(COC(c1ccccc1)(c1ccc(OC)cc1)c1ccc(OC)cc1)O[C@H]2n1cc(C)c(NC(=O)c2ccccc2)nc1=O)C(C)C. The van der Waals surface area contributed by atoms with Gasteiger partial charge in [0.25, 0.3) is 5.91 Å². The van der Waals surface area contributed by atoms with Gasteiger partial charge in [-0.3, -0.25) is 9.36 Å². The van der Waals surface area contributed by atoms with Crippen LogP contribution in [-0.2, 0) is 33.6 Å². The highest BCUT2D eigenvalue weighted by Crippen LogP contribution is 2.55. The highest BCUT2D eigenvalue weighted by Gasteiger charge is 2.65. The number of nitrogens with zero attached hydrogens (tertiary/aromatic N) is 3. The van der Waals surface area contributed by atoms with Gasteiger partial charge < -0.3 is 47.6 Å². The van der Waals surface area contributed by atoms with E-state index in [-0.39, 0.29) is 31.2 Å². The van der Waals surface area contributed by atoms with Crippen LogP contribution < -0.4 is 20.5 Å². The number of anilines is 1. The molecule has 2 aliphatic heterocycles. The molecule has 2 fully saturated rings. The van der Waals surface area contributed by atoms with Crippen LogP contribution in [0.1, 0.15) is 59.6 Å². The number of nitrogens with one attached hydrogen (secondary N) is 1. The van der Waals surface area contributed by atoms with Gasteiger partial charge in [0.1, 0.15) is 42.2 Å². The van der Waals surface area contributed by atoms with E-state index in [1.165, 1.54) is 4.57 Å². The van der Waals surface area contributed by atoms with Crippen molar-refractivity contribution >= 4 is 20.1 Å². The number of benzene rings is 4. The molecule has 1 aromatic heterocycles. The summed E-state index contributed by atoms with van der Waals surface area (Å²) in [6, 6.07) is 33.8. The molecule has 2 aliphatic rings. The van der Waals surface area contributed by atoms with Crippen molar-refractivity contribution in [3.05, 3.63) is 165 Å². The Morgan fingerprint density at radius 3 is 2.08 bits per heavy atom. The predicted molar refractivity (Wildman–Crippen MR) is 229 cm³/mol. The highest BCUT2D eigenvalue weighted by molar-refractivity contribution is 7.48. The van der Waals surface area contributed by atoms with Crippen molar-refractivity contribution in [1.82, 2.24) is 9.55 Å². The Hall–Kier alpha value is -5.49. The number of methoxy groups -OCH3 is 2. The molecule has 5 aromatic rings. The fourth-order valence-electron chi connectivity index (χ4n) is 7.52. The third-order valence-electron chi connectivity index (χ3n) is 10.4. The van der Waals surface area contributed by atoms with Crippen LogP contribution in [0.25, 0.3) is 4.85 Å². The number of aryl methyl sites for hydroxylation is 1. The molecule has 15 heteroatoms. The lowest BCUT2D eigenvalue weighted by Crippen LogP contribution is -2.58. The number of hydrogen-bond acceptors (Lipinski definition) is 11. The molecule has 0 saturated carbocycles. The number of amides is 1. The molecule has 0 aliphatic carbocycles. The third kappa shape index (κ3) is 9.10. The van der Waals surface area contributed by atoms with Crippen LogP contribution in [0.5, 0.6) is 11.5 Å². The number of carbonyl (C=O) groups is 1. The molecule has 3 heterocycles. The zero-order chi connectivity index (χ0) is 43.1. The molecule has 1 amide bonds. The molecule has 0 radical (unpaired) electrons. The topological polar surface area (TPSA) is 142 Å². The fraction of sp³-hybridized carbons (Fsp3) is 0.348. The van der Waals surface area contributed by atoms with Crippen LogP contribution in [0.15, 0.2) is 120 Å². The lowest BCUT2D eigenvalue weighted by Gasteiger charge is -2.44. The maximum Gasteiger partial charge on any atom is 0.351 e. The van der Waals surface area contributed by atoms with E-state index in [4.69, 9.17) is 44.0 Å². The van der Waals surface area contributed by atoms with Crippen molar-refractivity contribution in [2.24, 2.45) is 0 Å². The minimum atomic E-state index is -1.70. The smallest absolute Gasteiger partial charge is 0.351 e. The van der Waals surface area contributed by atoms with Crippen molar-refractivity contribution < 1.29 is 42.3 Å². The van der Waals surface area contributed by atoms with Crippen molar-refractivity contribution in [3.8, 4) is 11.5 Å². The number of hydrogen-bond donors (Lipinski definition) is 1. The average Bonchev–Trinajstić information content (AvgIpc) is 3.46. The zero-order valence-electron chi connectivity index (χ0n) is 34.8. The number of rotatable bonds is 17. The van der Waals surface area contributed by atoms with Crippen molar-refractivity contribution in [1.29, 1.82) is 0 Å². The predicted octanol–water partition coefficient (Wildman–Crippen LogP) is 7.86. The largest absolute Gasteiger partial charge is 0.497 e. The van der Waals surface area contributed by atoms with Gasteiger partial charge in [-0.05, 0) is 66.9 Å². The maximum absolute atomic E-state index is 14.0. The molecule has 0 spiro atoms. The molecule has 61 heavy (non-hydrogen) atoms. The van der Waals surface area contributed by atoms with Gasteiger partial charge in [0.15, 0.2) is 27.0 Å². The number of aromatic nitrogens is 2. The van der Waals surface area contributed by atoms with Crippen molar-refractivity contribution in [2.45, 2.75) is 69.5 Å². The second-order valence-corrected chi connectivity index (χ2v) is 16.9. The maximum atomic E-state index is 14.0. The van der Waals surface area contributed by atoms with Crippen LogP contribution in [-0.4, -0.2) is 79.4 Å². The summed E-state index contributed by atoms with van der Waals surface area (Å²) in [6.45, 7) is 14.8. The second-order valence-electron chi connectivity index (χ2n) is 14.8. The summed E-state index contributed by atoms with van der Waals surface area (Å²) in [5.74, 6) is -0.667. The Morgan fingerprint density at radius 2 is 1.51 bits per heavy atom. The van der Waals surface area contributed by atoms with Crippen LogP contribution in [0.4, 0.5) is 5.82 Å². The van der Waals surface area contributed by atoms with Crippen LogP contribution in [0.3, 0.4) is 0 Å². The lowest BCUT2D eigenvalue weighted by molar-refractivity contribution is -0.355. The first kappa shape index (κ1) is 43.6. The monoisotopic (exact) mass is 848 g/mol. The highest BCUT2D eigenvalue weighted by atomic mass is 31.2. The molecule has 2 bridgehead atoms. The molecule has 1 N–H and O–H groups in total. The van der Waals surface area contributed by atoms with E-state index in [0.717, 1.165) is 16.7 Å². The van der Waals surface area contributed by atoms with E-state index in [1.807, 2.05) is 98.8 Å². The quantitative estimate of drug-likeness (QED) is 0.0423. The molecule has 2 unspecified atom stereocenters. The Labute approximate surface area is 356 Å². The van der Waals surface area contributed by atoms with E-state index in [1.54, 1.807) is 58.5 Å². The Balaban J connectivity index is 1.33. The Morgan fingerprint density at radius 1 is 0.918 bits per heavy atom. The van der Waals surface area contributed by atoms with Crippen molar-refractivity contribution in [3.63, 3.8) is 0 Å². The molecule has 6 atom stereocenters. The van der Waals surface area contributed by atoms with Gasteiger partial charge >= 0.3 is 5.69 Å². The van der Waals surface area contributed by atoms with Gasteiger partial charge in [-0.2, -0.15) is 4.98 Å². The van der Waals surface area contributed by atoms with Gasteiger partial charge in [-0.25, -0.2) is 11.4 Å². The zero-order valence-corrected chi connectivity index (χ0v) is 35.7. The summed E-state index contributed by atoms with van der Waals surface area (Å²) in [5.41, 5.74) is 1.19. The minimum Gasteiger partial charge on any atom is -0.497 e. The van der Waals surface area contributed by atoms with E-state index in [0.29, 0.717) is 22.6 Å². The van der Waals surface area contributed by atoms with E-state index >= 15 is 0 Å². The molecular weight excluding hydrogens is 799 g/mol. The summed E-state index contributed by atoms with van der Waals surface area (Å²) in [6.07, 6.45) is -2.34. The average molecular weight is 849 g/mol. The summed E-state index contributed by atoms with van der Waals surface area (Å²) in [7, 11) is 1.57. The number of ether oxygens (including phenoxy) is 6. The van der Waals surface area contributed by atoms with Gasteiger partial charge in [0, 0.05) is 23.0 Å². The first-order valence-corrected chi connectivity index (χ1v) is 21.1. The molecule has 14 nitrogen and oxygen atoms in total. The normalized spacial score (nSPS) is 21.4. The van der Waals surface area contributed by atoms with Gasteiger partial charge in [0.2, 0.25) is 12.3 Å². The summed E-state index contributed by atoms with van der Waals surface area (Å²) in [5, 5.41) is 2.76. The van der Waals surface area contributed by atoms with Gasteiger partial charge in [0.05, 0.1) is 14.2 Å². The molecule has 7 rings (SSSR count). The Kier molecular flexibility index (Phi) is 13.6. The number of carbonyl (C=O) groups excluding carboxylic acids is 1. The van der Waals surface area contributed by atoms with E-state index in [2.05, 4.69) is 15.1 Å². The molecular formula is C46H49N4O10P. The van der Waals surface area contributed by atoms with Crippen LogP contribution in [0, 0.1) is 13.5 Å². The van der Waals surface area contributed by atoms with Crippen LogP contribution >= 0.6 is 8.38 Å². The first-order valence-electron chi connectivity index (χ1n) is 19.9. The second kappa shape index (κ2) is 19.1. The Bertz CT molecular complexity index is 2310. The first-order chi connectivity index (χ1) is 29.5. The molecule has 4 aromatic carbocycles. The summed E-state index contributed by atoms with van der Waals surface area (Å²) in [4.78, 5) is 34.9. The van der Waals surface area contributed by atoms with Crippen LogP contribution in [0.2, 0.25) is 0 Å². The standard InChI is InChI=1S/C46H49N4O10P/c1-30(2)61(56-27-26-47-5)60-40-39-43(50-28-31(3)41(49-44(50)52)48-42(51)33-14-10-8-11-15-33)59-45(40,58-32(4)57-39)29-55-46(34-16-12-9-13-17-34,35-18-22-37(53-6)23-19-35)36-20-24-38(54-7)25-21-36/h8-25,28,30,32,39-40,43H,26-27,29H2,1-4,6-7H3,(H,48,49,51,52)/t32-,39+,40?,43-,45-,61?/m1/s1. The summed E-state index contributed by atoms with van der Waals surface area (Å²) >= 11 is 0. The molecule has 2 saturated heterocycles. The fourth-order valence-corrected chi connectivity index (χ4v) is 8.89. The molecule has 318 valence electrons. The van der Waals surface area contributed by atoms with Gasteiger partial charge in [-0.15, -0.1) is 0 Å². The minimum absolute atomic E-state index is 0.107. The number of fused-ring (bicyclic) bond motifs is 2. The third-order valence-corrected chi connectivity index (χ3v) is 12.2. The lowest BCUT2D eigenvalue weighted by atomic mass is 9.80.